The molecule has 0 fully saturated rings. The first-order valence-corrected chi connectivity index (χ1v) is 5.74. The summed E-state index contributed by atoms with van der Waals surface area (Å²) in [4.78, 5) is 44.6. The molecule has 0 aliphatic heterocycles. The van der Waals surface area contributed by atoms with Crippen LogP contribution in [0, 0.1) is 0 Å². The minimum absolute atomic E-state index is 0. The summed E-state index contributed by atoms with van der Waals surface area (Å²) in [5, 5.41) is 17.7. The summed E-state index contributed by atoms with van der Waals surface area (Å²) in [5.41, 5.74) is -2.57. The average molecular weight is 316 g/mol. The molecule has 9 nitrogen and oxygen atoms in total. The predicted molar refractivity (Wildman–Crippen MR) is 63.1 cm³/mol. The third-order valence-corrected chi connectivity index (χ3v) is 2.14. The summed E-state index contributed by atoms with van der Waals surface area (Å²) in [5.74, 6) is -3.78. The summed E-state index contributed by atoms with van der Waals surface area (Å²) in [6, 6.07) is 0. The Balaban J connectivity index is -0.00000180. The second kappa shape index (κ2) is 10.4. The molecule has 0 aromatic carbocycles. The van der Waals surface area contributed by atoms with Crippen molar-refractivity contribution < 1.29 is 74.6 Å². The van der Waals surface area contributed by atoms with E-state index in [4.69, 9.17) is 10.2 Å². The Hall–Kier alpha value is -1.32. The van der Waals surface area contributed by atoms with Crippen molar-refractivity contribution in [2.24, 2.45) is 0 Å². The molecule has 0 atom stereocenters. The van der Waals surface area contributed by atoms with Gasteiger partial charge in [0, 0.05) is 0 Å². The number of rotatable bonds is 8. The molecule has 2 N–H and O–H groups in total. The van der Waals surface area contributed by atoms with Crippen molar-refractivity contribution >= 4 is 24.1 Å². The van der Waals surface area contributed by atoms with Crippen LogP contribution in [0.5, 0.6) is 0 Å². The average Bonchev–Trinajstić information content (AvgIpc) is 2.27. The van der Waals surface area contributed by atoms with Gasteiger partial charge in [0.2, 0.25) is 5.60 Å². The molecular formula is C11H17NaO9. The third-order valence-electron chi connectivity index (χ3n) is 2.14. The molecule has 0 spiro atoms. The normalized spacial score (nSPS) is 10.0. The molecule has 0 saturated carbocycles. The van der Waals surface area contributed by atoms with Crippen molar-refractivity contribution in [2.75, 3.05) is 13.2 Å². The van der Waals surface area contributed by atoms with Crippen LogP contribution in [-0.2, 0) is 28.6 Å². The fraction of sp³-hybridized carbons (Fsp3) is 0.636. The van der Waals surface area contributed by atoms with Gasteiger partial charge in [-0.15, -0.1) is 0 Å². The maximum atomic E-state index is 11.4. The number of hydrogen-bond donors (Lipinski definition) is 2. The van der Waals surface area contributed by atoms with Crippen LogP contribution < -0.4 is 29.6 Å². The Labute approximate surface area is 144 Å². The fourth-order valence-electron chi connectivity index (χ4n) is 1.39. The predicted octanol–water partition coefficient (Wildman–Crippen LogP) is -2.47. The molecule has 0 bridgehead atoms. The Morgan fingerprint density at radius 3 is 1.57 bits per heavy atom. The molecule has 0 aromatic heterocycles. The van der Waals surface area contributed by atoms with Crippen LogP contribution in [0.3, 0.4) is 0 Å². The van der Waals surface area contributed by atoms with Crippen LogP contribution in [0.15, 0.2) is 0 Å². The quantitative estimate of drug-likeness (QED) is 0.283. The van der Waals surface area contributed by atoms with Crippen LogP contribution in [-0.4, -0.2) is 53.1 Å². The maximum Gasteiger partial charge on any atom is 1.00 e. The molecule has 0 rings (SSSR count). The standard InChI is InChI=1S/C11H16O9.Na.H/c1-3-18-7(12)5-11(9(14)15,20-10(16)17)6-8(13)19-4-2;;/h3-6H2,1-2H3,(H,14,15)(H,16,17);;/q;+1;-1. The molecule has 0 aromatic rings. The Morgan fingerprint density at radius 1 is 0.952 bits per heavy atom. The van der Waals surface area contributed by atoms with Gasteiger partial charge < -0.3 is 25.9 Å². The van der Waals surface area contributed by atoms with Crippen LogP contribution >= 0.6 is 0 Å². The first kappa shape index (κ1) is 22.0. The summed E-state index contributed by atoms with van der Waals surface area (Å²) in [6.45, 7) is 2.93. The van der Waals surface area contributed by atoms with Crippen molar-refractivity contribution in [3.05, 3.63) is 0 Å². The SMILES string of the molecule is CCOC(=O)CC(CC(=O)OCC)(OC(=O)O)C(=O)O.[H-].[Na+]. The molecule has 0 aliphatic carbocycles. The summed E-state index contributed by atoms with van der Waals surface area (Å²) in [6.07, 6.45) is -3.79. The van der Waals surface area contributed by atoms with Crippen molar-refractivity contribution in [1.29, 1.82) is 0 Å². The number of carbonyl (C=O) groups excluding carboxylic acids is 2. The van der Waals surface area contributed by atoms with E-state index >= 15 is 0 Å². The van der Waals surface area contributed by atoms with E-state index in [1.54, 1.807) is 0 Å². The number of hydrogen-bond acceptors (Lipinski definition) is 7. The van der Waals surface area contributed by atoms with Gasteiger partial charge >= 0.3 is 53.6 Å². The molecule has 21 heavy (non-hydrogen) atoms. The minimum atomic E-state index is -2.57. The monoisotopic (exact) mass is 316 g/mol. The number of aliphatic carboxylic acids is 1. The molecule has 0 saturated heterocycles. The van der Waals surface area contributed by atoms with E-state index in [0.29, 0.717) is 0 Å². The second-order valence-corrected chi connectivity index (χ2v) is 3.63. The summed E-state index contributed by atoms with van der Waals surface area (Å²) in [7, 11) is 0. The van der Waals surface area contributed by atoms with Gasteiger partial charge in [-0.25, -0.2) is 9.59 Å². The first-order chi connectivity index (χ1) is 9.27. The zero-order valence-electron chi connectivity index (χ0n) is 13.1. The van der Waals surface area contributed by atoms with Gasteiger partial charge in [-0.1, -0.05) is 0 Å². The van der Waals surface area contributed by atoms with Gasteiger partial charge in [-0.2, -0.15) is 0 Å². The Bertz CT molecular complexity index is 379. The van der Waals surface area contributed by atoms with E-state index in [0.717, 1.165) is 0 Å². The van der Waals surface area contributed by atoms with E-state index in [2.05, 4.69) is 14.2 Å². The topological polar surface area (TPSA) is 136 Å². The number of carboxylic acid groups (broad SMARTS) is 2. The van der Waals surface area contributed by atoms with E-state index in [-0.39, 0.29) is 44.2 Å². The minimum Gasteiger partial charge on any atom is -1.00 e. The summed E-state index contributed by atoms with van der Waals surface area (Å²) >= 11 is 0. The second-order valence-electron chi connectivity index (χ2n) is 3.63. The van der Waals surface area contributed by atoms with E-state index in [1.165, 1.54) is 13.8 Å². The zero-order valence-corrected chi connectivity index (χ0v) is 14.1. The molecule has 0 unspecified atom stereocenters. The number of esters is 2. The van der Waals surface area contributed by atoms with Crippen LogP contribution in [0.4, 0.5) is 4.79 Å². The molecule has 0 radical (unpaired) electrons. The van der Waals surface area contributed by atoms with Gasteiger partial charge in [-0.3, -0.25) is 9.59 Å². The van der Waals surface area contributed by atoms with E-state index in [9.17, 15) is 19.2 Å². The van der Waals surface area contributed by atoms with Crippen LogP contribution in [0.1, 0.15) is 28.1 Å². The molecule has 0 aliphatic rings. The molecular weight excluding hydrogens is 299 g/mol. The van der Waals surface area contributed by atoms with Gasteiger partial charge in [0.05, 0.1) is 26.1 Å². The van der Waals surface area contributed by atoms with Gasteiger partial charge in [-0.05, 0) is 13.8 Å². The van der Waals surface area contributed by atoms with Gasteiger partial charge in [0.15, 0.2) is 0 Å². The summed E-state index contributed by atoms with van der Waals surface area (Å²) < 4.78 is 13.3. The van der Waals surface area contributed by atoms with Crippen LogP contribution in [0.25, 0.3) is 0 Å². The van der Waals surface area contributed by atoms with E-state index < -0.39 is 42.5 Å². The number of carboxylic acids is 1. The fourth-order valence-corrected chi connectivity index (χ4v) is 1.39. The molecule has 0 heterocycles. The number of ether oxygens (including phenoxy) is 3. The molecule has 0 amide bonds. The van der Waals surface area contributed by atoms with E-state index in [1.807, 2.05) is 0 Å². The molecule has 116 valence electrons. The maximum absolute atomic E-state index is 11.4. The Morgan fingerprint density at radius 2 is 1.33 bits per heavy atom. The van der Waals surface area contributed by atoms with Crippen molar-refractivity contribution in [3.63, 3.8) is 0 Å². The van der Waals surface area contributed by atoms with Crippen molar-refractivity contribution in [2.45, 2.75) is 32.3 Å². The Kier molecular flexibility index (Phi) is 10.9. The first-order valence-electron chi connectivity index (χ1n) is 5.74. The molecule has 10 heteroatoms. The number of carbonyl (C=O) groups is 4. The largest absolute Gasteiger partial charge is 1.00 e. The van der Waals surface area contributed by atoms with Gasteiger partial charge in [0.1, 0.15) is 0 Å². The smallest absolute Gasteiger partial charge is 1.00 e. The van der Waals surface area contributed by atoms with Crippen LogP contribution in [0.2, 0.25) is 0 Å². The third kappa shape index (κ3) is 7.88. The zero-order chi connectivity index (χ0) is 15.8. The van der Waals surface area contributed by atoms with Crippen molar-refractivity contribution in [1.82, 2.24) is 0 Å². The van der Waals surface area contributed by atoms with Gasteiger partial charge in [0.25, 0.3) is 0 Å². The van der Waals surface area contributed by atoms with Crippen molar-refractivity contribution in [3.8, 4) is 0 Å².